The van der Waals surface area contributed by atoms with Crippen LogP contribution in [0.4, 0.5) is 8.78 Å². The van der Waals surface area contributed by atoms with E-state index < -0.39 is 17.5 Å². The molecule has 2 unspecified atom stereocenters. The van der Waals surface area contributed by atoms with Gasteiger partial charge in [-0.15, -0.1) is 0 Å². The Labute approximate surface area is 191 Å². The van der Waals surface area contributed by atoms with Crippen molar-refractivity contribution in [3.05, 3.63) is 71.9 Å². The largest absolute Gasteiger partial charge is 0.474 e. The smallest absolute Gasteiger partial charge is 0.252 e. The van der Waals surface area contributed by atoms with Crippen molar-refractivity contribution in [3.8, 4) is 17.3 Å². The van der Waals surface area contributed by atoms with Crippen molar-refractivity contribution in [2.45, 2.75) is 50.7 Å². The minimum Gasteiger partial charge on any atom is -0.474 e. The Bertz CT molecular complexity index is 1100. The maximum Gasteiger partial charge on any atom is 0.252 e. The predicted molar refractivity (Wildman–Crippen MR) is 120 cm³/mol. The molecule has 1 saturated carbocycles. The van der Waals surface area contributed by atoms with E-state index in [9.17, 15) is 9.18 Å². The van der Waals surface area contributed by atoms with Crippen LogP contribution in [0.5, 0.6) is 5.88 Å². The van der Waals surface area contributed by atoms with Gasteiger partial charge in [0.25, 0.3) is 5.91 Å². The third-order valence-corrected chi connectivity index (χ3v) is 5.90. The molecule has 1 aliphatic rings. The standard InChI is InChI=1S/C25H26F2N4O2/c1-17-7-9-19(23-28-12-5-13-29-23)20(14-17)24(32)31-21-6-3-2-4-11-25(21,27)16-33-22-10-8-18(26)15-30-22/h5,7-10,12-15,21H,2-4,6,11,16H2,1H3,(H,31,32). The highest BCUT2D eigenvalue weighted by Crippen LogP contribution is 2.32. The van der Waals surface area contributed by atoms with Crippen LogP contribution < -0.4 is 10.1 Å². The van der Waals surface area contributed by atoms with Crippen LogP contribution in [0, 0.1) is 12.7 Å². The first-order valence-electron chi connectivity index (χ1n) is 11.1. The number of nitrogens with one attached hydrogen (secondary N) is 1. The second-order valence-corrected chi connectivity index (χ2v) is 8.38. The average molecular weight is 453 g/mol. The lowest BCUT2D eigenvalue weighted by atomic mass is 9.91. The first kappa shape index (κ1) is 22.8. The zero-order valence-corrected chi connectivity index (χ0v) is 18.4. The van der Waals surface area contributed by atoms with Gasteiger partial charge in [0, 0.05) is 24.0 Å². The molecule has 1 N–H and O–H groups in total. The van der Waals surface area contributed by atoms with Crippen molar-refractivity contribution in [2.24, 2.45) is 0 Å². The fraction of sp³-hybridized carbons (Fsp3) is 0.360. The summed E-state index contributed by atoms with van der Waals surface area (Å²) in [5, 5.41) is 2.92. The Hall–Kier alpha value is -3.42. The lowest BCUT2D eigenvalue weighted by molar-refractivity contribution is 0.0347. The van der Waals surface area contributed by atoms with Gasteiger partial charge in [-0.1, -0.05) is 37.0 Å². The van der Waals surface area contributed by atoms with Crippen LogP contribution in [0.1, 0.15) is 48.0 Å². The van der Waals surface area contributed by atoms with Crippen molar-refractivity contribution in [2.75, 3.05) is 6.61 Å². The zero-order chi connectivity index (χ0) is 23.3. The van der Waals surface area contributed by atoms with E-state index in [1.54, 1.807) is 30.6 Å². The number of carbonyl (C=O) groups is 1. The number of carbonyl (C=O) groups excluding carboxylic acids is 1. The normalized spacial score (nSPS) is 20.6. The number of ether oxygens (including phenoxy) is 1. The third-order valence-electron chi connectivity index (χ3n) is 5.90. The number of aromatic nitrogens is 3. The van der Waals surface area contributed by atoms with Crippen LogP contribution in [0.15, 0.2) is 55.0 Å². The molecule has 0 bridgehead atoms. The second-order valence-electron chi connectivity index (χ2n) is 8.38. The second kappa shape index (κ2) is 10.0. The summed E-state index contributed by atoms with van der Waals surface area (Å²) < 4.78 is 34.9. The highest BCUT2D eigenvalue weighted by Gasteiger charge is 2.42. The number of rotatable bonds is 6. The van der Waals surface area contributed by atoms with Gasteiger partial charge in [0.2, 0.25) is 5.88 Å². The number of halogens is 2. The maximum atomic E-state index is 16.2. The summed E-state index contributed by atoms with van der Waals surface area (Å²) >= 11 is 0. The monoisotopic (exact) mass is 452 g/mol. The number of nitrogens with zero attached hydrogens (tertiary/aromatic N) is 3. The van der Waals surface area contributed by atoms with Crippen LogP contribution in [0.2, 0.25) is 0 Å². The van der Waals surface area contributed by atoms with Crippen LogP contribution >= 0.6 is 0 Å². The maximum absolute atomic E-state index is 16.2. The van der Waals surface area contributed by atoms with Gasteiger partial charge in [-0.05, 0) is 38.0 Å². The molecule has 8 heteroatoms. The fourth-order valence-corrected chi connectivity index (χ4v) is 4.11. The van der Waals surface area contributed by atoms with Crippen molar-refractivity contribution in [1.29, 1.82) is 0 Å². The van der Waals surface area contributed by atoms with Crippen LogP contribution in [0.25, 0.3) is 11.4 Å². The van der Waals surface area contributed by atoms with E-state index in [0.717, 1.165) is 24.6 Å². The molecule has 0 aliphatic heterocycles. The van der Waals surface area contributed by atoms with Crippen molar-refractivity contribution < 1.29 is 18.3 Å². The molecule has 172 valence electrons. The van der Waals surface area contributed by atoms with Crippen LogP contribution in [-0.2, 0) is 0 Å². The van der Waals surface area contributed by atoms with Gasteiger partial charge < -0.3 is 10.1 Å². The Morgan fingerprint density at radius 3 is 2.73 bits per heavy atom. The van der Waals surface area contributed by atoms with Gasteiger partial charge in [0.1, 0.15) is 12.4 Å². The van der Waals surface area contributed by atoms with Crippen molar-refractivity contribution in [3.63, 3.8) is 0 Å². The Kier molecular flexibility index (Phi) is 6.91. The van der Waals surface area contributed by atoms with Gasteiger partial charge in [0.05, 0.1) is 17.8 Å². The molecule has 2 atom stereocenters. The summed E-state index contributed by atoms with van der Waals surface area (Å²) in [7, 11) is 0. The highest BCUT2D eigenvalue weighted by molar-refractivity contribution is 6.00. The van der Waals surface area contributed by atoms with E-state index in [0.29, 0.717) is 29.8 Å². The molecule has 1 aliphatic carbocycles. The Balaban J connectivity index is 1.56. The summed E-state index contributed by atoms with van der Waals surface area (Å²) in [4.78, 5) is 25.7. The number of hydrogen-bond donors (Lipinski definition) is 1. The Morgan fingerprint density at radius 2 is 1.97 bits per heavy atom. The molecule has 4 rings (SSSR count). The van der Waals surface area contributed by atoms with E-state index in [-0.39, 0.29) is 24.8 Å². The number of amides is 1. The molecule has 6 nitrogen and oxygen atoms in total. The third kappa shape index (κ3) is 5.50. The zero-order valence-electron chi connectivity index (χ0n) is 18.4. The van der Waals surface area contributed by atoms with E-state index in [2.05, 4.69) is 20.3 Å². The molecule has 1 fully saturated rings. The van der Waals surface area contributed by atoms with Gasteiger partial charge in [-0.2, -0.15) is 0 Å². The van der Waals surface area contributed by atoms with E-state index in [1.807, 2.05) is 13.0 Å². The van der Waals surface area contributed by atoms with Crippen LogP contribution in [0.3, 0.4) is 0 Å². The lowest BCUT2D eigenvalue weighted by Gasteiger charge is -2.33. The van der Waals surface area contributed by atoms with E-state index in [4.69, 9.17) is 4.74 Å². The van der Waals surface area contributed by atoms with Gasteiger partial charge >= 0.3 is 0 Å². The number of benzene rings is 1. The van der Waals surface area contributed by atoms with Crippen LogP contribution in [-0.4, -0.2) is 39.2 Å². The number of aryl methyl sites for hydroxylation is 1. The molecule has 0 spiro atoms. The molecule has 33 heavy (non-hydrogen) atoms. The minimum absolute atomic E-state index is 0.143. The molecular formula is C25H26F2N4O2. The first-order chi connectivity index (χ1) is 15.9. The SMILES string of the molecule is Cc1ccc(-c2ncccn2)c(C(=O)NC2CCCCCC2(F)COc2ccc(F)cn2)c1. The summed E-state index contributed by atoms with van der Waals surface area (Å²) in [5.41, 5.74) is 0.102. The molecule has 1 aromatic carbocycles. The number of pyridine rings is 1. The molecule has 2 aromatic heterocycles. The molecule has 3 aromatic rings. The quantitative estimate of drug-likeness (QED) is 0.542. The number of hydrogen-bond acceptors (Lipinski definition) is 5. The first-order valence-corrected chi connectivity index (χ1v) is 11.1. The van der Waals surface area contributed by atoms with E-state index in [1.165, 1.54) is 12.1 Å². The fourth-order valence-electron chi connectivity index (χ4n) is 4.11. The molecule has 0 radical (unpaired) electrons. The lowest BCUT2D eigenvalue weighted by Crippen LogP contribution is -2.52. The number of alkyl halides is 1. The van der Waals surface area contributed by atoms with E-state index >= 15 is 4.39 Å². The summed E-state index contributed by atoms with van der Waals surface area (Å²) in [6, 6.07) is 8.99. The van der Waals surface area contributed by atoms with Gasteiger partial charge in [-0.3, -0.25) is 4.79 Å². The topological polar surface area (TPSA) is 77.0 Å². The predicted octanol–water partition coefficient (Wildman–Crippen LogP) is 4.84. The summed E-state index contributed by atoms with van der Waals surface area (Å²) in [5.74, 6) is -0.297. The highest BCUT2D eigenvalue weighted by atomic mass is 19.1. The molecule has 2 heterocycles. The summed E-state index contributed by atoms with van der Waals surface area (Å²) in [6.45, 7) is 1.61. The summed E-state index contributed by atoms with van der Waals surface area (Å²) in [6.07, 6.45) is 7.36. The minimum atomic E-state index is -1.78. The molecule has 1 amide bonds. The van der Waals surface area contributed by atoms with Crippen molar-refractivity contribution in [1.82, 2.24) is 20.3 Å². The van der Waals surface area contributed by atoms with Gasteiger partial charge in [-0.25, -0.2) is 23.7 Å². The van der Waals surface area contributed by atoms with Crippen molar-refractivity contribution >= 4 is 5.91 Å². The van der Waals surface area contributed by atoms with Gasteiger partial charge in [0.15, 0.2) is 11.5 Å². The molecular weight excluding hydrogens is 426 g/mol. The molecule has 0 saturated heterocycles. The average Bonchev–Trinajstić information content (AvgIpc) is 3.01. The Morgan fingerprint density at radius 1 is 1.15 bits per heavy atom.